The molecule has 0 amide bonds. The van der Waals surface area contributed by atoms with E-state index in [1.54, 1.807) is 6.07 Å². The van der Waals surface area contributed by atoms with Gasteiger partial charge < -0.3 is 0 Å². The van der Waals surface area contributed by atoms with Gasteiger partial charge in [0, 0.05) is 29.7 Å². The van der Waals surface area contributed by atoms with Crippen molar-refractivity contribution in [3.8, 4) is 0 Å². The lowest BCUT2D eigenvalue weighted by atomic mass is 10.2. The van der Waals surface area contributed by atoms with Crippen LogP contribution in [0, 0.1) is 5.82 Å². The van der Waals surface area contributed by atoms with Crippen LogP contribution in [0.25, 0.3) is 0 Å². The van der Waals surface area contributed by atoms with Crippen molar-refractivity contribution in [3.05, 3.63) is 47.3 Å². The highest BCUT2D eigenvalue weighted by atomic mass is 35.5. The zero-order valence-electron chi connectivity index (χ0n) is 9.13. The first-order chi connectivity index (χ1) is 7.66. The van der Waals surface area contributed by atoms with Crippen LogP contribution in [-0.4, -0.2) is 17.5 Å². The minimum Gasteiger partial charge on any atom is -0.291 e. The number of benzene rings is 1. The molecule has 0 aliphatic heterocycles. The molecule has 2 rings (SSSR count). The quantitative estimate of drug-likeness (QED) is 0.760. The molecule has 0 aromatic heterocycles. The number of nitrogens with zero attached hydrogens (tertiary/aromatic N) is 1. The van der Waals surface area contributed by atoms with Crippen LogP contribution in [0.2, 0.25) is 0 Å². The molecule has 1 fully saturated rings. The Morgan fingerprint density at radius 1 is 1.44 bits per heavy atom. The van der Waals surface area contributed by atoms with Crippen molar-refractivity contribution in [2.75, 3.05) is 6.54 Å². The van der Waals surface area contributed by atoms with Gasteiger partial charge in [-0.2, -0.15) is 0 Å². The Morgan fingerprint density at radius 2 is 2.12 bits per heavy atom. The molecule has 0 atom stereocenters. The average molecular weight is 240 g/mol. The van der Waals surface area contributed by atoms with E-state index in [9.17, 15) is 4.39 Å². The van der Waals surface area contributed by atoms with Gasteiger partial charge in [0.15, 0.2) is 0 Å². The molecule has 0 heterocycles. The molecule has 0 unspecified atom stereocenters. The summed E-state index contributed by atoms with van der Waals surface area (Å²) in [5, 5.41) is 0.614. The van der Waals surface area contributed by atoms with Crippen molar-refractivity contribution in [3.63, 3.8) is 0 Å². The van der Waals surface area contributed by atoms with Crippen molar-refractivity contribution in [2.45, 2.75) is 25.4 Å². The van der Waals surface area contributed by atoms with E-state index >= 15 is 0 Å². The molecule has 1 aliphatic carbocycles. The third-order valence-electron chi connectivity index (χ3n) is 2.77. The number of hydrogen-bond donors (Lipinski definition) is 0. The zero-order chi connectivity index (χ0) is 11.5. The van der Waals surface area contributed by atoms with Gasteiger partial charge in [-0.15, -0.1) is 0 Å². The highest BCUT2D eigenvalue weighted by Gasteiger charge is 2.29. The van der Waals surface area contributed by atoms with Gasteiger partial charge in [-0.1, -0.05) is 36.4 Å². The smallest absolute Gasteiger partial charge is 0.127 e. The third kappa shape index (κ3) is 3.06. The normalized spacial score (nSPS) is 15.4. The number of halogens is 2. The zero-order valence-corrected chi connectivity index (χ0v) is 9.88. The van der Waals surface area contributed by atoms with E-state index in [0.29, 0.717) is 24.2 Å². The topological polar surface area (TPSA) is 3.24 Å². The van der Waals surface area contributed by atoms with Crippen molar-refractivity contribution in [1.82, 2.24) is 4.90 Å². The minimum absolute atomic E-state index is 0.145. The highest BCUT2D eigenvalue weighted by Crippen LogP contribution is 2.29. The Bertz CT molecular complexity index is 387. The van der Waals surface area contributed by atoms with Crippen LogP contribution in [0.4, 0.5) is 4.39 Å². The molecule has 0 bridgehead atoms. The molecule has 1 nitrogen and oxygen atoms in total. The lowest BCUT2D eigenvalue weighted by Crippen LogP contribution is -2.27. The lowest BCUT2D eigenvalue weighted by Gasteiger charge is -2.21. The second-order valence-electron chi connectivity index (χ2n) is 4.24. The average Bonchev–Trinajstić information content (AvgIpc) is 3.03. The molecule has 0 radical (unpaired) electrons. The highest BCUT2D eigenvalue weighted by molar-refractivity contribution is 6.29. The maximum atomic E-state index is 13.5. The van der Waals surface area contributed by atoms with Gasteiger partial charge in [-0.05, 0) is 18.9 Å². The largest absolute Gasteiger partial charge is 0.291 e. The first-order valence-corrected chi connectivity index (χ1v) is 5.85. The summed E-state index contributed by atoms with van der Waals surface area (Å²) in [6.07, 6.45) is 2.36. The molecule has 0 spiro atoms. The molecule has 1 aromatic rings. The molecule has 1 saturated carbocycles. The summed E-state index contributed by atoms with van der Waals surface area (Å²) in [6, 6.07) is 7.44. The Morgan fingerprint density at radius 3 is 2.69 bits per heavy atom. The van der Waals surface area contributed by atoms with Crippen molar-refractivity contribution < 1.29 is 4.39 Å². The van der Waals surface area contributed by atoms with Gasteiger partial charge in [-0.3, -0.25) is 4.90 Å². The van der Waals surface area contributed by atoms with Gasteiger partial charge >= 0.3 is 0 Å². The first kappa shape index (κ1) is 11.6. The Hall–Kier alpha value is -0.860. The van der Waals surface area contributed by atoms with Crippen LogP contribution in [0.1, 0.15) is 18.4 Å². The maximum Gasteiger partial charge on any atom is 0.127 e. The second-order valence-corrected chi connectivity index (χ2v) is 4.78. The van der Waals surface area contributed by atoms with E-state index in [1.807, 2.05) is 12.1 Å². The molecule has 0 N–H and O–H groups in total. The van der Waals surface area contributed by atoms with Gasteiger partial charge in [0.2, 0.25) is 0 Å². The van der Waals surface area contributed by atoms with Gasteiger partial charge in [0.05, 0.1) is 0 Å². The standard InChI is InChI=1S/C13H15ClFN/c1-10(14)8-16(12-6-7-12)9-11-4-2-3-5-13(11)15/h2-5,12H,1,6-9H2. The molecule has 0 saturated heterocycles. The summed E-state index contributed by atoms with van der Waals surface area (Å²) >= 11 is 5.82. The second kappa shape index (κ2) is 4.98. The first-order valence-electron chi connectivity index (χ1n) is 5.47. The lowest BCUT2D eigenvalue weighted by molar-refractivity contribution is 0.277. The van der Waals surface area contributed by atoms with Crippen molar-refractivity contribution in [1.29, 1.82) is 0 Å². The fourth-order valence-corrected chi connectivity index (χ4v) is 1.97. The monoisotopic (exact) mass is 239 g/mol. The van der Waals surface area contributed by atoms with E-state index in [4.69, 9.17) is 11.6 Å². The summed E-state index contributed by atoms with van der Waals surface area (Å²) < 4.78 is 13.5. The number of hydrogen-bond acceptors (Lipinski definition) is 1. The summed E-state index contributed by atoms with van der Waals surface area (Å²) in [6.45, 7) is 4.95. The van der Waals surface area contributed by atoms with E-state index in [1.165, 1.54) is 18.9 Å². The fraction of sp³-hybridized carbons (Fsp3) is 0.385. The Balaban J connectivity index is 2.05. The summed E-state index contributed by atoms with van der Waals surface area (Å²) in [5.41, 5.74) is 0.729. The van der Waals surface area contributed by atoms with Gasteiger partial charge in [0.25, 0.3) is 0 Å². The van der Waals surface area contributed by atoms with Crippen LogP contribution < -0.4 is 0 Å². The van der Waals surface area contributed by atoms with E-state index in [0.717, 1.165) is 5.56 Å². The van der Waals surface area contributed by atoms with E-state index in [-0.39, 0.29) is 5.82 Å². The van der Waals surface area contributed by atoms with Crippen LogP contribution in [0.5, 0.6) is 0 Å². The molecule has 1 aliphatic rings. The Kier molecular flexibility index (Phi) is 3.62. The van der Waals surface area contributed by atoms with Crippen molar-refractivity contribution in [2.24, 2.45) is 0 Å². The molecule has 86 valence electrons. The molecular weight excluding hydrogens is 225 g/mol. The van der Waals surface area contributed by atoms with Crippen LogP contribution in [0.15, 0.2) is 35.9 Å². The van der Waals surface area contributed by atoms with Crippen LogP contribution in [-0.2, 0) is 6.54 Å². The summed E-state index contributed by atoms with van der Waals surface area (Å²) in [4.78, 5) is 2.19. The van der Waals surface area contributed by atoms with Crippen molar-refractivity contribution >= 4 is 11.6 Å². The van der Waals surface area contributed by atoms with Crippen LogP contribution in [0.3, 0.4) is 0 Å². The molecule has 3 heteroatoms. The summed E-state index contributed by atoms with van der Waals surface area (Å²) in [5.74, 6) is -0.145. The van der Waals surface area contributed by atoms with E-state index < -0.39 is 0 Å². The van der Waals surface area contributed by atoms with Gasteiger partial charge in [-0.25, -0.2) is 4.39 Å². The summed E-state index contributed by atoms with van der Waals surface area (Å²) in [7, 11) is 0. The fourth-order valence-electron chi connectivity index (χ4n) is 1.82. The maximum absolute atomic E-state index is 13.5. The van der Waals surface area contributed by atoms with E-state index in [2.05, 4.69) is 11.5 Å². The van der Waals surface area contributed by atoms with Gasteiger partial charge in [0.1, 0.15) is 5.82 Å². The molecule has 1 aromatic carbocycles. The predicted molar refractivity (Wildman–Crippen MR) is 64.8 cm³/mol. The third-order valence-corrected chi connectivity index (χ3v) is 2.89. The number of rotatable bonds is 5. The SMILES string of the molecule is C=C(Cl)CN(Cc1ccccc1F)C1CC1. The predicted octanol–water partition coefficient (Wildman–Crippen LogP) is 3.54. The van der Waals surface area contributed by atoms with Crippen LogP contribution >= 0.6 is 11.6 Å². The Labute approximate surface area is 101 Å². The molecule has 16 heavy (non-hydrogen) atoms. The molecular formula is C13H15ClFN. The minimum atomic E-state index is -0.145.